The second kappa shape index (κ2) is 9.80. The van der Waals surface area contributed by atoms with Gasteiger partial charge in [-0.15, -0.1) is 0 Å². The highest BCUT2D eigenvalue weighted by Crippen LogP contribution is 2.48. The summed E-state index contributed by atoms with van der Waals surface area (Å²) in [5.41, 5.74) is 19.9. The van der Waals surface area contributed by atoms with Crippen LogP contribution in [0.2, 0.25) is 0 Å². The predicted molar refractivity (Wildman–Crippen MR) is 140 cm³/mol. The molecule has 0 amide bonds. The van der Waals surface area contributed by atoms with Crippen LogP contribution in [0.5, 0.6) is 0 Å². The van der Waals surface area contributed by atoms with Crippen LogP contribution in [-0.2, 0) is 6.42 Å². The van der Waals surface area contributed by atoms with Gasteiger partial charge >= 0.3 is 0 Å². The van der Waals surface area contributed by atoms with Gasteiger partial charge in [-0.2, -0.15) is 0 Å². The number of rotatable bonds is 5. The third-order valence-corrected chi connectivity index (χ3v) is 8.22. The van der Waals surface area contributed by atoms with Gasteiger partial charge in [-0.25, -0.2) is 0 Å². The molecule has 4 N–H and O–H groups in total. The van der Waals surface area contributed by atoms with Gasteiger partial charge in [0, 0.05) is 31.2 Å². The highest BCUT2D eigenvalue weighted by molar-refractivity contribution is 5.69. The van der Waals surface area contributed by atoms with E-state index in [0.29, 0.717) is 17.2 Å². The van der Waals surface area contributed by atoms with Crippen LogP contribution < -0.4 is 11.5 Å². The smallest absolute Gasteiger partial charge is 0.0936 e. The van der Waals surface area contributed by atoms with Crippen LogP contribution in [0.25, 0.3) is 5.57 Å². The molecule has 33 heavy (non-hydrogen) atoms. The summed E-state index contributed by atoms with van der Waals surface area (Å²) in [6.07, 6.45) is 11.2. The summed E-state index contributed by atoms with van der Waals surface area (Å²) in [6, 6.07) is 6.93. The van der Waals surface area contributed by atoms with Crippen molar-refractivity contribution in [3.63, 3.8) is 0 Å². The number of fused-ring (bicyclic) bond motifs is 1. The number of benzene rings is 1. The topological polar surface area (TPSA) is 58.5 Å². The molecule has 4 nitrogen and oxygen atoms in total. The molecule has 1 aromatic rings. The lowest BCUT2D eigenvalue weighted by Gasteiger charge is -2.48. The van der Waals surface area contributed by atoms with Gasteiger partial charge in [-0.05, 0) is 99.2 Å². The lowest BCUT2D eigenvalue weighted by atomic mass is 9.64. The van der Waals surface area contributed by atoms with E-state index in [-0.39, 0.29) is 0 Å². The van der Waals surface area contributed by atoms with Gasteiger partial charge in [0.1, 0.15) is 0 Å². The van der Waals surface area contributed by atoms with E-state index < -0.39 is 0 Å². The zero-order valence-electron chi connectivity index (χ0n) is 20.7. The number of nitrogens with zero attached hydrogens (tertiary/aromatic N) is 2. The first-order chi connectivity index (χ1) is 15.8. The molecular weight excluding hydrogens is 404 g/mol. The average Bonchev–Trinajstić information content (AvgIpc) is 2.79. The fourth-order valence-corrected chi connectivity index (χ4v) is 6.18. The minimum Gasteiger partial charge on any atom is -0.386 e. The van der Waals surface area contributed by atoms with Gasteiger partial charge in [0.25, 0.3) is 0 Å². The van der Waals surface area contributed by atoms with E-state index in [0.717, 1.165) is 39.1 Å². The Morgan fingerprint density at radius 2 is 1.82 bits per heavy atom. The Morgan fingerprint density at radius 1 is 1.12 bits per heavy atom. The third kappa shape index (κ3) is 5.38. The molecule has 0 unspecified atom stereocenters. The Labute approximate surface area is 200 Å². The molecule has 0 bridgehead atoms. The van der Waals surface area contributed by atoms with Gasteiger partial charge in [-0.3, -0.25) is 4.90 Å². The normalized spacial score (nSPS) is 21.7. The summed E-state index contributed by atoms with van der Waals surface area (Å²) >= 11 is 0. The van der Waals surface area contributed by atoms with Crippen molar-refractivity contribution in [2.24, 2.45) is 22.8 Å². The highest BCUT2D eigenvalue weighted by atomic mass is 15.2. The van der Waals surface area contributed by atoms with E-state index in [9.17, 15) is 0 Å². The fourth-order valence-electron chi connectivity index (χ4n) is 6.18. The molecular formula is C29H42N4. The summed E-state index contributed by atoms with van der Waals surface area (Å²) in [5, 5.41) is 0. The number of aryl methyl sites for hydroxylation is 1. The van der Waals surface area contributed by atoms with Crippen LogP contribution in [-0.4, -0.2) is 42.5 Å². The summed E-state index contributed by atoms with van der Waals surface area (Å²) < 4.78 is 0. The van der Waals surface area contributed by atoms with Gasteiger partial charge in [-0.1, -0.05) is 43.0 Å². The largest absolute Gasteiger partial charge is 0.386 e. The van der Waals surface area contributed by atoms with E-state index in [1.54, 1.807) is 0 Å². The molecule has 0 atom stereocenters. The average molecular weight is 447 g/mol. The van der Waals surface area contributed by atoms with Crippen molar-refractivity contribution in [2.45, 2.75) is 52.4 Å². The molecule has 1 spiro atoms. The van der Waals surface area contributed by atoms with Crippen molar-refractivity contribution in [3.05, 3.63) is 77.3 Å². The summed E-state index contributed by atoms with van der Waals surface area (Å²) in [7, 11) is 0. The molecule has 0 aromatic heterocycles. The third-order valence-electron chi connectivity index (χ3n) is 8.22. The molecule has 4 heteroatoms. The maximum atomic E-state index is 5.66. The predicted octanol–water partition coefficient (Wildman–Crippen LogP) is 4.97. The number of hydrogen-bond donors (Lipinski definition) is 2. The van der Waals surface area contributed by atoms with Gasteiger partial charge < -0.3 is 16.4 Å². The standard InChI is InChI=1S/C29H42N4/c1-5-24(17-28(30)31)20-32-12-8-25(9-13-32)23(4)33-14-10-29(11-15-33)18-22(3)27-16-21(2)6-7-26(27)19-29/h5-7,16-17,25H,3-4,8-15,18-20,30-31H2,1-2H3/b24-5+. The zero-order valence-corrected chi connectivity index (χ0v) is 20.7. The zero-order chi connectivity index (χ0) is 23.6. The van der Waals surface area contributed by atoms with Crippen LogP contribution >= 0.6 is 0 Å². The highest BCUT2D eigenvalue weighted by Gasteiger charge is 2.39. The molecule has 2 aliphatic heterocycles. The Bertz CT molecular complexity index is 950. The Balaban J connectivity index is 1.29. The molecule has 178 valence electrons. The van der Waals surface area contributed by atoms with Crippen molar-refractivity contribution in [1.29, 1.82) is 0 Å². The molecule has 0 saturated carbocycles. The number of nitrogens with two attached hydrogens (primary N) is 2. The lowest BCUT2D eigenvalue weighted by molar-refractivity contribution is 0.109. The summed E-state index contributed by atoms with van der Waals surface area (Å²) in [6.45, 7) is 18.7. The molecule has 2 fully saturated rings. The lowest BCUT2D eigenvalue weighted by Crippen LogP contribution is -2.44. The fraction of sp³-hybridized carbons (Fsp3) is 0.517. The van der Waals surface area contributed by atoms with Crippen molar-refractivity contribution in [3.8, 4) is 0 Å². The van der Waals surface area contributed by atoms with Crippen LogP contribution in [0, 0.1) is 18.3 Å². The van der Waals surface area contributed by atoms with Crippen molar-refractivity contribution < 1.29 is 0 Å². The monoisotopic (exact) mass is 446 g/mol. The summed E-state index contributed by atoms with van der Waals surface area (Å²) in [5.74, 6) is 0.985. The van der Waals surface area contributed by atoms with Crippen molar-refractivity contribution >= 4 is 5.57 Å². The Hall–Kier alpha value is -2.46. The first-order valence-electron chi connectivity index (χ1n) is 12.6. The van der Waals surface area contributed by atoms with Gasteiger partial charge in [0.2, 0.25) is 0 Å². The summed E-state index contributed by atoms with van der Waals surface area (Å²) in [4.78, 5) is 5.10. The maximum absolute atomic E-state index is 5.66. The molecule has 2 heterocycles. The van der Waals surface area contributed by atoms with Crippen molar-refractivity contribution in [2.75, 3.05) is 32.7 Å². The van der Waals surface area contributed by atoms with Gasteiger partial charge in [0.05, 0.1) is 5.82 Å². The minimum absolute atomic E-state index is 0.384. The Morgan fingerprint density at radius 3 is 2.45 bits per heavy atom. The van der Waals surface area contributed by atoms with Crippen LogP contribution in [0.3, 0.4) is 0 Å². The molecule has 1 aromatic carbocycles. The molecule has 4 rings (SSSR count). The van der Waals surface area contributed by atoms with Crippen LogP contribution in [0.4, 0.5) is 0 Å². The van der Waals surface area contributed by atoms with E-state index in [4.69, 9.17) is 11.5 Å². The SMILES string of the molecule is C=C1CC2(CCN(C(=C)C3CCN(C/C(C=C(N)N)=C/C)CC3)CC2)Cc2ccc(C)cc21. The maximum Gasteiger partial charge on any atom is 0.0936 e. The molecule has 2 saturated heterocycles. The van der Waals surface area contributed by atoms with E-state index in [2.05, 4.69) is 54.2 Å². The molecule has 0 radical (unpaired) electrons. The number of piperidine rings is 2. The minimum atomic E-state index is 0.384. The first kappa shape index (κ1) is 23.7. The molecule has 3 aliphatic rings. The Kier molecular flexibility index (Phi) is 7.04. The van der Waals surface area contributed by atoms with Crippen molar-refractivity contribution in [1.82, 2.24) is 9.80 Å². The first-order valence-corrected chi connectivity index (χ1v) is 12.6. The number of allylic oxidation sites excluding steroid dienone is 3. The second-order valence-corrected chi connectivity index (χ2v) is 10.7. The van der Waals surface area contributed by atoms with E-state index in [1.165, 1.54) is 65.6 Å². The van der Waals surface area contributed by atoms with Crippen LogP contribution in [0.1, 0.15) is 55.7 Å². The van der Waals surface area contributed by atoms with E-state index in [1.807, 2.05) is 13.0 Å². The van der Waals surface area contributed by atoms with E-state index >= 15 is 0 Å². The molecule has 1 aliphatic carbocycles. The van der Waals surface area contributed by atoms with Gasteiger partial charge in [0.15, 0.2) is 0 Å². The second-order valence-electron chi connectivity index (χ2n) is 10.7. The quantitative estimate of drug-likeness (QED) is 0.627. The number of hydrogen-bond acceptors (Lipinski definition) is 4. The number of likely N-dealkylation sites (tertiary alicyclic amines) is 2. The van der Waals surface area contributed by atoms with Crippen LogP contribution in [0.15, 0.2) is 60.6 Å².